The second-order valence-corrected chi connectivity index (χ2v) is 8.43. The average molecular weight is 450 g/mol. The summed E-state index contributed by atoms with van der Waals surface area (Å²) in [5, 5.41) is 6.89. The van der Waals surface area contributed by atoms with Gasteiger partial charge in [-0.2, -0.15) is 0 Å². The number of hydrogen-bond acceptors (Lipinski definition) is 5. The number of rotatable bonds is 8. The lowest BCUT2D eigenvalue weighted by Gasteiger charge is -2.15. The van der Waals surface area contributed by atoms with E-state index < -0.39 is 0 Å². The van der Waals surface area contributed by atoms with Crippen molar-refractivity contribution in [3.05, 3.63) is 76.9 Å². The minimum absolute atomic E-state index is 0.219. The third-order valence-electron chi connectivity index (χ3n) is 5.66. The highest BCUT2D eigenvalue weighted by Crippen LogP contribution is 2.27. The average Bonchev–Trinajstić information content (AvgIpc) is 3.32. The van der Waals surface area contributed by atoms with E-state index in [1.54, 1.807) is 24.3 Å². The zero-order valence-corrected chi connectivity index (χ0v) is 18.7. The number of aromatic nitrogens is 1. The molecule has 1 fully saturated rings. The fourth-order valence-corrected chi connectivity index (χ4v) is 4.15. The summed E-state index contributed by atoms with van der Waals surface area (Å²) in [7, 11) is 0. The van der Waals surface area contributed by atoms with Crippen molar-refractivity contribution in [2.75, 3.05) is 37.2 Å². The molecular weight excluding hydrogens is 422 g/mol. The Balaban J connectivity index is 1.34. The van der Waals surface area contributed by atoms with E-state index >= 15 is 0 Å². The summed E-state index contributed by atoms with van der Waals surface area (Å²) >= 11 is 6.52. The number of anilines is 2. The third-order valence-corrected chi connectivity index (χ3v) is 5.95. The first kappa shape index (κ1) is 22.3. The summed E-state index contributed by atoms with van der Waals surface area (Å²) in [5.74, 6) is -0.219. The summed E-state index contributed by atoms with van der Waals surface area (Å²) < 4.78 is 0. The number of nitrogens with zero attached hydrogens (tertiary/aromatic N) is 2. The molecule has 1 saturated heterocycles. The first-order valence-electron chi connectivity index (χ1n) is 10.9. The smallest absolute Gasteiger partial charge is 0.255 e. The molecule has 0 saturated carbocycles. The molecule has 0 bridgehead atoms. The topological polar surface area (TPSA) is 83.3 Å². The molecule has 4 N–H and O–H groups in total. The lowest BCUT2D eigenvalue weighted by molar-refractivity contribution is 0.102. The molecule has 0 spiro atoms. The van der Waals surface area contributed by atoms with Gasteiger partial charge in [-0.25, -0.2) is 0 Å². The molecule has 0 atom stereocenters. The van der Waals surface area contributed by atoms with Gasteiger partial charge in [0.25, 0.3) is 5.91 Å². The summed E-state index contributed by atoms with van der Waals surface area (Å²) in [6, 6.07) is 16.4. The van der Waals surface area contributed by atoms with Crippen LogP contribution in [0.25, 0.3) is 11.3 Å². The Labute approximate surface area is 193 Å². The van der Waals surface area contributed by atoms with Gasteiger partial charge in [0.1, 0.15) is 0 Å². The molecule has 0 aliphatic carbocycles. The van der Waals surface area contributed by atoms with Crippen LogP contribution in [0.4, 0.5) is 11.4 Å². The van der Waals surface area contributed by atoms with Crippen LogP contribution in [0.15, 0.2) is 60.8 Å². The van der Waals surface area contributed by atoms with Gasteiger partial charge >= 0.3 is 0 Å². The number of likely N-dealkylation sites (tertiary alicyclic amines) is 1. The molecule has 0 radical (unpaired) electrons. The van der Waals surface area contributed by atoms with E-state index in [9.17, 15) is 4.79 Å². The van der Waals surface area contributed by atoms with Crippen LogP contribution in [0.5, 0.6) is 0 Å². The van der Waals surface area contributed by atoms with Gasteiger partial charge in [0.15, 0.2) is 0 Å². The molecule has 4 rings (SSSR count). The number of amides is 1. The maximum absolute atomic E-state index is 12.5. The van der Waals surface area contributed by atoms with Gasteiger partial charge in [-0.15, -0.1) is 0 Å². The first-order valence-corrected chi connectivity index (χ1v) is 11.3. The van der Waals surface area contributed by atoms with E-state index in [-0.39, 0.29) is 5.91 Å². The van der Waals surface area contributed by atoms with Gasteiger partial charge < -0.3 is 21.3 Å². The summed E-state index contributed by atoms with van der Waals surface area (Å²) in [6.07, 6.45) is 4.48. The number of carbonyl (C=O) groups excluding carboxylic acids is 1. The van der Waals surface area contributed by atoms with Gasteiger partial charge in [0.2, 0.25) is 0 Å². The van der Waals surface area contributed by atoms with Crippen LogP contribution < -0.4 is 16.4 Å². The van der Waals surface area contributed by atoms with Crippen molar-refractivity contribution in [2.24, 2.45) is 0 Å². The van der Waals surface area contributed by atoms with Crippen LogP contribution >= 0.6 is 11.6 Å². The van der Waals surface area contributed by atoms with Crippen molar-refractivity contribution in [1.29, 1.82) is 0 Å². The molecular formula is C25H28ClN5O. The van der Waals surface area contributed by atoms with Crippen molar-refractivity contribution in [1.82, 2.24) is 15.2 Å². The normalized spacial score (nSPS) is 13.9. The molecule has 1 amide bonds. The second kappa shape index (κ2) is 10.6. The molecule has 1 aliphatic heterocycles. The van der Waals surface area contributed by atoms with E-state index in [0.717, 1.165) is 30.8 Å². The minimum atomic E-state index is -0.219. The summed E-state index contributed by atoms with van der Waals surface area (Å²) in [5.41, 5.74) is 10.2. The number of halogens is 1. The lowest BCUT2D eigenvalue weighted by atomic mass is 10.1. The Morgan fingerprint density at radius 2 is 1.84 bits per heavy atom. The van der Waals surface area contributed by atoms with Crippen LogP contribution in [-0.4, -0.2) is 42.0 Å². The second-order valence-electron chi connectivity index (χ2n) is 8.02. The van der Waals surface area contributed by atoms with E-state index in [4.69, 9.17) is 17.3 Å². The molecule has 2 heterocycles. The van der Waals surface area contributed by atoms with E-state index in [2.05, 4.69) is 20.5 Å². The third kappa shape index (κ3) is 5.65. The Morgan fingerprint density at radius 1 is 1.09 bits per heavy atom. The van der Waals surface area contributed by atoms with E-state index in [0.29, 0.717) is 27.7 Å². The minimum Gasteiger partial charge on any atom is -0.397 e. The standard InChI is InChI=1S/C25H28ClN5O/c26-21-15-18(16-28-11-14-31-12-3-4-13-31)17-29-24(21)19-7-9-20(10-8-19)25(32)30-23-6-2-1-5-22(23)27/h1-2,5-10,15,17,28H,3-4,11-14,16,27H2,(H,30,32). The molecule has 1 aliphatic rings. The number of benzene rings is 2. The highest BCUT2D eigenvalue weighted by molar-refractivity contribution is 6.33. The maximum Gasteiger partial charge on any atom is 0.255 e. The van der Waals surface area contributed by atoms with Crippen LogP contribution in [0.2, 0.25) is 5.02 Å². The number of hydrogen-bond donors (Lipinski definition) is 3. The number of nitrogen functional groups attached to an aromatic ring is 1. The highest BCUT2D eigenvalue weighted by atomic mass is 35.5. The number of para-hydroxylation sites is 2. The summed E-state index contributed by atoms with van der Waals surface area (Å²) in [4.78, 5) is 19.6. The zero-order chi connectivity index (χ0) is 22.3. The van der Waals surface area contributed by atoms with Gasteiger partial charge in [0.05, 0.1) is 22.1 Å². The van der Waals surface area contributed by atoms with Gasteiger partial charge in [-0.1, -0.05) is 35.9 Å². The largest absolute Gasteiger partial charge is 0.397 e. The quantitative estimate of drug-likeness (QED) is 0.350. The predicted octanol–water partition coefficient (Wildman–Crippen LogP) is 4.42. The fourth-order valence-electron chi connectivity index (χ4n) is 3.85. The Bertz CT molecular complexity index is 1060. The zero-order valence-electron chi connectivity index (χ0n) is 18.0. The molecule has 32 heavy (non-hydrogen) atoms. The number of carbonyl (C=O) groups is 1. The first-order chi connectivity index (χ1) is 15.6. The van der Waals surface area contributed by atoms with Crippen LogP contribution in [0, 0.1) is 0 Å². The fraction of sp³-hybridized carbons (Fsp3) is 0.280. The van der Waals surface area contributed by atoms with Gasteiger partial charge in [-0.05, 0) is 61.8 Å². The molecule has 1 aromatic heterocycles. The molecule has 166 valence electrons. The van der Waals surface area contributed by atoms with Crippen LogP contribution in [0.3, 0.4) is 0 Å². The predicted molar refractivity (Wildman–Crippen MR) is 131 cm³/mol. The lowest BCUT2D eigenvalue weighted by Crippen LogP contribution is -2.29. The Morgan fingerprint density at radius 3 is 2.56 bits per heavy atom. The Kier molecular flexibility index (Phi) is 7.37. The molecule has 7 heteroatoms. The van der Waals surface area contributed by atoms with Crippen molar-refractivity contribution in [3.8, 4) is 11.3 Å². The Hall–Kier alpha value is -2.93. The van der Waals surface area contributed by atoms with Gasteiger partial charge in [-0.3, -0.25) is 9.78 Å². The van der Waals surface area contributed by atoms with E-state index in [1.165, 1.54) is 25.9 Å². The van der Waals surface area contributed by atoms with Crippen LogP contribution in [0.1, 0.15) is 28.8 Å². The molecule has 6 nitrogen and oxygen atoms in total. The van der Waals surface area contributed by atoms with Crippen molar-refractivity contribution in [3.63, 3.8) is 0 Å². The summed E-state index contributed by atoms with van der Waals surface area (Å²) in [6.45, 7) is 5.20. The van der Waals surface area contributed by atoms with Gasteiger partial charge in [0, 0.05) is 37.0 Å². The SMILES string of the molecule is Nc1ccccc1NC(=O)c1ccc(-c2ncc(CNCCN3CCCC3)cc2Cl)cc1. The number of nitrogens with two attached hydrogens (primary N) is 1. The van der Waals surface area contributed by atoms with Crippen molar-refractivity contribution >= 4 is 28.9 Å². The maximum atomic E-state index is 12.5. The van der Waals surface area contributed by atoms with Crippen LogP contribution in [-0.2, 0) is 6.54 Å². The number of nitrogens with one attached hydrogen (secondary N) is 2. The molecule has 3 aromatic rings. The monoisotopic (exact) mass is 449 g/mol. The molecule has 0 unspecified atom stereocenters. The molecule has 2 aromatic carbocycles. The van der Waals surface area contributed by atoms with E-state index in [1.807, 2.05) is 36.5 Å². The van der Waals surface area contributed by atoms with Crippen molar-refractivity contribution < 1.29 is 4.79 Å². The van der Waals surface area contributed by atoms with Crippen molar-refractivity contribution in [2.45, 2.75) is 19.4 Å². The highest BCUT2D eigenvalue weighted by Gasteiger charge is 2.12. The number of pyridine rings is 1.